The van der Waals surface area contributed by atoms with Gasteiger partial charge in [-0.25, -0.2) is 0 Å². The van der Waals surface area contributed by atoms with Crippen molar-refractivity contribution in [2.24, 2.45) is 0 Å². The lowest BCUT2D eigenvalue weighted by atomic mass is 9.97. The Balaban J connectivity index is 1.90. The van der Waals surface area contributed by atoms with Crippen molar-refractivity contribution in [2.75, 3.05) is 6.54 Å². The van der Waals surface area contributed by atoms with Crippen LogP contribution in [0.5, 0.6) is 0 Å². The van der Waals surface area contributed by atoms with Crippen LogP contribution in [0.3, 0.4) is 0 Å². The van der Waals surface area contributed by atoms with Crippen molar-refractivity contribution in [3.05, 3.63) is 35.4 Å². The summed E-state index contributed by atoms with van der Waals surface area (Å²) in [5, 5.41) is 13.7. The molecule has 1 aliphatic rings. The molecule has 1 aliphatic carbocycles. The first-order valence-corrected chi connectivity index (χ1v) is 7.19. The second kappa shape index (κ2) is 5.85. The Kier molecular flexibility index (Phi) is 4.41. The van der Waals surface area contributed by atoms with E-state index < -0.39 is 5.60 Å². The normalized spacial score (nSPS) is 15.9. The van der Waals surface area contributed by atoms with Crippen LogP contribution in [0.25, 0.3) is 0 Å². The van der Waals surface area contributed by atoms with Crippen molar-refractivity contribution in [1.82, 2.24) is 5.32 Å². The Hall–Kier alpha value is -0.860. The van der Waals surface area contributed by atoms with Crippen molar-refractivity contribution in [3.8, 4) is 0 Å². The molecule has 0 heterocycles. The molecular weight excluding hydrogens is 222 g/mol. The van der Waals surface area contributed by atoms with Crippen molar-refractivity contribution >= 4 is 0 Å². The maximum Gasteiger partial charge on any atom is 0.0766 e. The topological polar surface area (TPSA) is 32.3 Å². The summed E-state index contributed by atoms with van der Waals surface area (Å²) in [6.45, 7) is 5.64. The Morgan fingerprint density at radius 1 is 1.22 bits per heavy atom. The van der Waals surface area contributed by atoms with Gasteiger partial charge in [0.25, 0.3) is 0 Å². The lowest BCUT2D eigenvalue weighted by molar-refractivity contribution is 0.0323. The third kappa shape index (κ3) is 3.33. The zero-order chi connectivity index (χ0) is 13.0. The molecule has 1 fully saturated rings. The molecule has 0 atom stereocenters. The highest BCUT2D eigenvalue weighted by Gasteiger charge is 2.26. The van der Waals surface area contributed by atoms with Crippen LogP contribution in [-0.2, 0) is 6.54 Å². The zero-order valence-electron chi connectivity index (χ0n) is 11.6. The summed E-state index contributed by atoms with van der Waals surface area (Å²) in [5.74, 6) is 0.791. The Morgan fingerprint density at radius 2 is 1.89 bits per heavy atom. The standard InChI is InChI=1S/C16H25NO/c1-3-16(18,4-2)12-17-11-14-7-5-6-8-15(14)13-9-10-13/h5-8,13,17-18H,3-4,9-12H2,1-2H3. The second-order valence-electron chi connectivity index (χ2n) is 5.51. The van der Waals surface area contributed by atoms with Crippen LogP contribution in [0.2, 0.25) is 0 Å². The smallest absolute Gasteiger partial charge is 0.0766 e. The van der Waals surface area contributed by atoms with Crippen LogP contribution >= 0.6 is 0 Å². The van der Waals surface area contributed by atoms with E-state index in [1.165, 1.54) is 24.0 Å². The summed E-state index contributed by atoms with van der Waals surface area (Å²) >= 11 is 0. The van der Waals surface area contributed by atoms with Crippen LogP contribution in [-0.4, -0.2) is 17.3 Å². The first-order valence-electron chi connectivity index (χ1n) is 7.19. The minimum absolute atomic E-state index is 0.547. The van der Waals surface area contributed by atoms with Gasteiger partial charge in [-0.05, 0) is 42.7 Å². The van der Waals surface area contributed by atoms with Gasteiger partial charge in [0.1, 0.15) is 0 Å². The molecule has 2 N–H and O–H groups in total. The van der Waals surface area contributed by atoms with E-state index >= 15 is 0 Å². The molecule has 1 aromatic rings. The van der Waals surface area contributed by atoms with Crippen molar-refractivity contribution in [2.45, 2.75) is 57.6 Å². The van der Waals surface area contributed by atoms with Crippen LogP contribution in [0.15, 0.2) is 24.3 Å². The second-order valence-corrected chi connectivity index (χ2v) is 5.51. The van der Waals surface area contributed by atoms with Gasteiger partial charge in [0.2, 0.25) is 0 Å². The van der Waals surface area contributed by atoms with Gasteiger partial charge in [0.05, 0.1) is 5.60 Å². The number of hydrogen-bond donors (Lipinski definition) is 2. The summed E-state index contributed by atoms with van der Waals surface area (Å²) in [7, 11) is 0. The summed E-state index contributed by atoms with van der Waals surface area (Å²) in [6.07, 6.45) is 4.29. The molecule has 18 heavy (non-hydrogen) atoms. The lowest BCUT2D eigenvalue weighted by Gasteiger charge is -2.25. The van der Waals surface area contributed by atoms with Crippen LogP contribution in [0, 0.1) is 0 Å². The third-order valence-corrected chi connectivity index (χ3v) is 4.16. The highest BCUT2D eigenvalue weighted by molar-refractivity contribution is 5.33. The molecule has 0 amide bonds. The van der Waals surface area contributed by atoms with Gasteiger partial charge >= 0.3 is 0 Å². The van der Waals surface area contributed by atoms with Crippen molar-refractivity contribution in [1.29, 1.82) is 0 Å². The SMILES string of the molecule is CCC(O)(CC)CNCc1ccccc1C1CC1. The van der Waals surface area contributed by atoms with Crippen molar-refractivity contribution < 1.29 is 5.11 Å². The van der Waals surface area contributed by atoms with Crippen molar-refractivity contribution in [3.63, 3.8) is 0 Å². The maximum atomic E-state index is 10.2. The zero-order valence-corrected chi connectivity index (χ0v) is 11.6. The molecule has 0 bridgehead atoms. The minimum Gasteiger partial charge on any atom is -0.389 e. The largest absolute Gasteiger partial charge is 0.389 e. The number of aliphatic hydroxyl groups is 1. The van der Waals surface area contributed by atoms with E-state index in [-0.39, 0.29) is 0 Å². The monoisotopic (exact) mass is 247 g/mol. The molecule has 2 heteroatoms. The van der Waals surface area contributed by atoms with Crippen LogP contribution in [0.4, 0.5) is 0 Å². The lowest BCUT2D eigenvalue weighted by Crippen LogP contribution is -2.39. The van der Waals surface area contributed by atoms with Gasteiger partial charge in [-0.2, -0.15) is 0 Å². The molecule has 0 saturated heterocycles. The summed E-state index contributed by atoms with van der Waals surface area (Å²) in [4.78, 5) is 0. The average molecular weight is 247 g/mol. The van der Waals surface area contributed by atoms with Crippen LogP contribution < -0.4 is 5.32 Å². The molecule has 1 aromatic carbocycles. The summed E-state index contributed by atoms with van der Waals surface area (Å²) in [5.41, 5.74) is 2.35. The van der Waals surface area contributed by atoms with Gasteiger partial charge in [0, 0.05) is 13.1 Å². The quantitative estimate of drug-likeness (QED) is 0.775. The number of nitrogens with one attached hydrogen (secondary N) is 1. The summed E-state index contributed by atoms with van der Waals surface area (Å²) < 4.78 is 0. The van der Waals surface area contributed by atoms with E-state index in [0.717, 1.165) is 25.3 Å². The Bertz CT molecular complexity index is 380. The molecule has 0 unspecified atom stereocenters. The fourth-order valence-electron chi connectivity index (χ4n) is 2.42. The number of benzene rings is 1. The molecule has 100 valence electrons. The van der Waals surface area contributed by atoms with E-state index in [1.807, 2.05) is 13.8 Å². The maximum absolute atomic E-state index is 10.2. The first-order chi connectivity index (χ1) is 8.68. The van der Waals surface area contributed by atoms with E-state index in [1.54, 1.807) is 0 Å². The van der Waals surface area contributed by atoms with Gasteiger partial charge in [-0.3, -0.25) is 0 Å². The molecule has 1 saturated carbocycles. The van der Waals surface area contributed by atoms with E-state index in [2.05, 4.69) is 29.6 Å². The van der Waals surface area contributed by atoms with Gasteiger partial charge in [-0.1, -0.05) is 38.1 Å². The average Bonchev–Trinajstić information content (AvgIpc) is 3.23. The highest BCUT2D eigenvalue weighted by Crippen LogP contribution is 2.41. The molecule has 2 rings (SSSR count). The highest BCUT2D eigenvalue weighted by atomic mass is 16.3. The number of rotatable bonds is 7. The Morgan fingerprint density at radius 3 is 2.50 bits per heavy atom. The van der Waals surface area contributed by atoms with Gasteiger partial charge < -0.3 is 10.4 Å². The fourth-order valence-corrected chi connectivity index (χ4v) is 2.42. The predicted molar refractivity (Wildman–Crippen MR) is 75.7 cm³/mol. The van der Waals surface area contributed by atoms with Gasteiger partial charge in [-0.15, -0.1) is 0 Å². The predicted octanol–water partition coefficient (Wildman–Crippen LogP) is 3.20. The number of hydrogen-bond acceptors (Lipinski definition) is 2. The summed E-state index contributed by atoms with van der Waals surface area (Å²) in [6, 6.07) is 8.69. The molecule has 0 radical (unpaired) electrons. The first kappa shape index (κ1) is 13.6. The fraction of sp³-hybridized carbons (Fsp3) is 0.625. The van der Waals surface area contributed by atoms with Crippen LogP contribution in [0.1, 0.15) is 56.6 Å². The molecular formula is C16H25NO. The van der Waals surface area contributed by atoms with E-state index in [9.17, 15) is 5.11 Å². The molecule has 2 nitrogen and oxygen atoms in total. The van der Waals surface area contributed by atoms with E-state index in [0.29, 0.717) is 6.54 Å². The minimum atomic E-state index is -0.547. The van der Waals surface area contributed by atoms with E-state index in [4.69, 9.17) is 0 Å². The van der Waals surface area contributed by atoms with Gasteiger partial charge in [0.15, 0.2) is 0 Å². The third-order valence-electron chi connectivity index (χ3n) is 4.16. The molecule has 0 spiro atoms. The Labute approximate surface area is 110 Å². The molecule has 0 aliphatic heterocycles. The molecule has 0 aromatic heterocycles.